The van der Waals surface area contributed by atoms with Crippen molar-refractivity contribution in [3.8, 4) is 0 Å². The van der Waals surface area contributed by atoms with E-state index in [4.69, 9.17) is 5.11 Å². The van der Waals surface area contributed by atoms with Gasteiger partial charge in [0.05, 0.1) is 16.6 Å². The molecule has 2 N–H and O–H groups in total. The number of rotatable bonds is 3. The summed E-state index contributed by atoms with van der Waals surface area (Å²) in [5, 5.41) is 9.10. The van der Waals surface area contributed by atoms with E-state index in [2.05, 4.69) is 16.9 Å². The van der Waals surface area contributed by atoms with Crippen LogP contribution in [0.3, 0.4) is 0 Å². The maximum Gasteiger partial charge on any atom is 0.335 e. The van der Waals surface area contributed by atoms with Crippen LogP contribution >= 0.6 is 0 Å². The van der Waals surface area contributed by atoms with E-state index in [0.29, 0.717) is 23.6 Å². The summed E-state index contributed by atoms with van der Waals surface area (Å²) in [5.41, 5.74) is 1.38. The van der Waals surface area contributed by atoms with Crippen molar-refractivity contribution in [3.63, 3.8) is 0 Å². The maximum atomic E-state index is 12.1. The van der Waals surface area contributed by atoms with Crippen molar-refractivity contribution in [1.29, 1.82) is 0 Å². The number of nitrogens with zero attached hydrogens (tertiary/aromatic N) is 2. The highest BCUT2D eigenvalue weighted by atomic mass is 16.4. The first-order valence-corrected chi connectivity index (χ1v) is 7.22. The van der Waals surface area contributed by atoms with E-state index in [9.17, 15) is 9.59 Å². The number of hydrogen-bond donors (Lipinski definition) is 2. The Labute approximate surface area is 122 Å². The van der Waals surface area contributed by atoms with Crippen LogP contribution in [0.1, 0.15) is 29.6 Å². The molecule has 1 fully saturated rings. The predicted octanol–water partition coefficient (Wildman–Crippen LogP) is 1.51. The summed E-state index contributed by atoms with van der Waals surface area (Å²) < 4.78 is 1.66. The number of fused-ring (bicyclic) bond motifs is 1. The summed E-state index contributed by atoms with van der Waals surface area (Å²) in [5.74, 6) is -0.980. The van der Waals surface area contributed by atoms with Crippen LogP contribution < -0.4 is 5.69 Å². The molecule has 1 saturated heterocycles. The van der Waals surface area contributed by atoms with Crippen LogP contribution in [0.2, 0.25) is 0 Å². The number of aromatic amines is 1. The zero-order chi connectivity index (χ0) is 15.0. The Morgan fingerprint density at radius 3 is 2.95 bits per heavy atom. The van der Waals surface area contributed by atoms with Gasteiger partial charge in [0.1, 0.15) is 0 Å². The van der Waals surface area contributed by atoms with E-state index >= 15 is 0 Å². The second-order valence-corrected chi connectivity index (χ2v) is 5.71. The monoisotopic (exact) mass is 289 g/mol. The molecule has 1 aliphatic heterocycles. The van der Waals surface area contributed by atoms with Crippen molar-refractivity contribution < 1.29 is 9.90 Å². The summed E-state index contributed by atoms with van der Waals surface area (Å²) in [7, 11) is 2.08. The fraction of sp³-hybridized carbons (Fsp3) is 0.467. The van der Waals surface area contributed by atoms with E-state index in [1.54, 1.807) is 16.7 Å². The summed E-state index contributed by atoms with van der Waals surface area (Å²) in [6.07, 6.45) is 3.43. The largest absolute Gasteiger partial charge is 0.478 e. The Kier molecular flexibility index (Phi) is 3.55. The normalized spacial score (nSPS) is 20.0. The topological polar surface area (TPSA) is 78.3 Å². The van der Waals surface area contributed by atoms with E-state index in [0.717, 1.165) is 13.0 Å². The minimum atomic E-state index is -0.980. The SMILES string of the molecule is CN1CCCCC1Cn1c(=O)[nH]c2ccc(C(=O)O)cc21. The van der Waals surface area contributed by atoms with Crippen LogP contribution in [-0.4, -0.2) is 45.2 Å². The van der Waals surface area contributed by atoms with Crippen molar-refractivity contribution in [2.45, 2.75) is 31.8 Å². The average molecular weight is 289 g/mol. The van der Waals surface area contributed by atoms with E-state index in [1.807, 2.05) is 0 Å². The molecule has 1 atom stereocenters. The Morgan fingerprint density at radius 2 is 2.24 bits per heavy atom. The van der Waals surface area contributed by atoms with Gasteiger partial charge < -0.3 is 15.0 Å². The molecule has 1 aromatic carbocycles. The highest BCUT2D eigenvalue weighted by molar-refractivity contribution is 5.92. The second kappa shape index (κ2) is 5.37. The van der Waals surface area contributed by atoms with Crippen molar-refractivity contribution >= 4 is 17.0 Å². The molecular weight excluding hydrogens is 270 g/mol. The molecule has 112 valence electrons. The number of benzene rings is 1. The van der Waals surface area contributed by atoms with Crippen LogP contribution in [0.25, 0.3) is 11.0 Å². The van der Waals surface area contributed by atoms with Gasteiger partial charge in [-0.3, -0.25) is 4.57 Å². The van der Waals surface area contributed by atoms with Gasteiger partial charge in [0.25, 0.3) is 0 Å². The molecule has 0 bridgehead atoms. The highest BCUT2D eigenvalue weighted by Gasteiger charge is 2.21. The average Bonchev–Trinajstić information content (AvgIpc) is 2.76. The van der Waals surface area contributed by atoms with Crippen LogP contribution in [-0.2, 0) is 6.54 Å². The molecule has 0 radical (unpaired) electrons. The van der Waals surface area contributed by atoms with Gasteiger partial charge in [0, 0.05) is 12.6 Å². The number of aromatic nitrogens is 2. The lowest BCUT2D eigenvalue weighted by Crippen LogP contribution is -2.40. The molecule has 21 heavy (non-hydrogen) atoms. The zero-order valence-electron chi connectivity index (χ0n) is 12.0. The Bertz CT molecular complexity index is 731. The Balaban J connectivity index is 2.00. The molecule has 1 unspecified atom stereocenters. The van der Waals surface area contributed by atoms with Gasteiger partial charge in [0.2, 0.25) is 0 Å². The second-order valence-electron chi connectivity index (χ2n) is 5.71. The quantitative estimate of drug-likeness (QED) is 0.898. The van der Waals surface area contributed by atoms with Crippen molar-refractivity contribution in [2.75, 3.05) is 13.6 Å². The number of piperidine rings is 1. The van der Waals surface area contributed by atoms with Crippen LogP contribution in [0.15, 0.2) is 23.0 Å². The van der Waals surface area contributed by atoms with Crippen molar-refractivity contribution in [2.24, 2.45) is 0 Å². The number of likely N-dealkylation sites (N-methyl/N-ethyl adjacent to an activating group) is 1. The van der Waals surface area contributed by atoms with Gasteiger partial charge in [-0.1, -0.05) is 6.42 Å². The van der Waals surface area contributed by atoms with E-state index in [-0.39, 0.29) is 11.3 Å². The number of H-pyrrole nitrogens is 1. The third kappa shape index (κ3) is 2.58. The maximum absolute atomic E-state index is 12.1. The molecule has 1 aromatic heterocycles. The number of imidazole rings is 1. The number of nitrogens with one attached hydrogen (secondary N) is 1. The molecule has 0 aliphatic carbocycles. The third-order valence-corrected chi connectivity index (χ3v) is 4.34. The molecule has 2 aromatic rings. The van der Waals surface area contributed by atoms with Crippen LogP contribution in [0.5, 0.6) is 0 Å². The molecule has 0 amide bonds. The van der Waals surface area contributed by atoms with Gasteiger partial charge >= 0.3 is 11.7 Å². The number of aromatic carboxylic acids is 1. The predicted molar refractivity (Wildman–Crippen MR) is 79.8 cm³/mol. The van der Waals surface area contributed by atoms with Gasteiger partial charge in [-0.15, -0.1) is 0 Å². The third-order valence-electron chi connectivity index (χ3n) is 4.34. The summed E-state index contributed by atoms with van der Waals surface area (Å²) in [4.78, 5) is 28.3. The molecule has 2 heterocycles. The lowest BCUT2D eigenvalue weighted by Gasteiger charge is -2.32. The molecular formula is C15H19N3O3. The highest BCUT2D eigenvalue weighted by Crippen LogP contribution is 2.19. The number of likely N-dealkylation sites (tertiary alicyclic amines) is 1. The first-order chi connectivity index (χ1) is 10.1. The van der Waals surface area contributed by atoms with Gasteiger partial charge in [-0.25, -0.2) is 9.59 Å². The molecule has 1 aliphatic rings. The molecule has 0 spiro atoms. The van der Waals surface area contributed by atoms with Gasteiger partial charge in [0.15, 0.2) is 0 Å². The number of carboxylic acid groups (broad SMARTS) is 1. The van der Waals surface area contributed by atoms with E-state index < -0.39 is 5.97 Å². The minimum absolute atomic E-state index is 0.175. The van der Waals surface area contributed by atoms with Gasteiger partial charge in [-0.2, -0.15) is 0 Å². The van der Waals surface area contributed by atoms with Crippen molar-refractivity contribution in [1.82, 2.24) is 14.5 Å². The zero-order valence-corrected chi connectivity index (χ0v) is 12.0. The Morgan fingerprint density at radius 1 is 1.43 bits per heavy atom. The smallest absolute Gasteiger partial charge is 0.335 e. The molecule has 6 heteroatoms. The van der Waals surface area contributed by atoms with E-state index in [1.165, 1.54) is 18.9 Å². The number of carboxylic acids is 1. The summed E-state index contributed by atoms with van der Waals surface area (Å²) in [6.45, 7) is 1.64. The first kappa shape index (κ1) is 13.9. The molecule has 3 rings (SSSR count). The van der Waals surface area contributed by atoms with Gasteiger partial charge in [-0.05, 0) is 44.6 Å². The van der Waals surface area contributed by atoms with Crippen LogP contribution in [0, 0.1) is 0 Å². The number of carbonyl (C=O) groups is 1. The fourth-order valence-corrected chi connectivity index (χ4v) is 3.05. The lowest BCUT2D eigenvalue weighted by atomic mass is 10.0. The first-order valence-electron chi connectivity index (χ1n) is 7.22. The Hall–Kier alpha value is -2.08. The van der Waals surface area contributed by atoms with Crippen molar-refractivity contribution in [3.05, 3.63) is 34.2 Å². The summed E-state index contributed by atoms with van der Waals surface area (Å²) in [6, 6.07) is 5.06. The fourth-order valence-electron chi connectivity index (χ4n) is 3.05. The standard InChI is InChI=1S/C15H19N3O3/c1-17-7-3-2-4-11(17)9-18-13-8-10(14(19)20)5-6-12(13)16-15(18)21/h5-6,8,11H,2-4,7,9H2,1H3,(H,16,21)(H,19,20). The lowest BCUT2D eigenvalue weighted by molar-refractivity contribution is 0.0697. The van der Waals surface area contributed by atoms with Crippen LogP contribution in [0.4, 0.5) is 0 Å². The molecule has 6 nitrogen and oxygen atoms in total. The molecule has 0 saturated carbocycles. The minimum Gasteiger partial charge on any atom is -0.478 e. The summed E-state index contributed by atoms with van der Waals surface area (Å²) >= 11 is 0. The number of hydrogen-bond acceptors (Lipinski definition) is 3.